The first-order valence-electron chi connectivity index (χ1n) is 12.7. The van der Waals surface area contributed by atoms with Crippen LogP contribution in [-0.2, 0) is 14.4 Å². The summed E-state index contributed by atoms with van der Waals surface area (Å²) in [4.78, 5) is 30.8. The van der Waals surface area contributed by atoms with Crippen LogP contribution in [-0.4, -0.2) is 54.1 Å². The van der Waals surface area contributed by atoms with Crippen molar-refractivity contribution in [3.8, 4) is 12.8 Å². The number of terminal acetylenes is 1. The molecule has 7 heteroatoms. The Hall–Kier alpha value is -2.56. The van der Waals surface area contributed by atoms with Gasteiger partial charge in [0.05, 0.1) is 6.54 Å². The second kappa shape index (κ2) is 16.2. The van der Waals surface area contributed by atoms with Crippen LogP contribution >= 0.6 is 0 Å². The highest BCUT2D eigenvalue weighted by molar-refractivity contribution is 5.74. The number of carboxylic acid groups (broad SMARTS) is 1. The fourth-order valence-corrected chi connectivity index (χ4v) is 4.95. The number of aliphatic carboxylic acids is 1. The molecule has 0 aromatic rings. The summed E-state index contributed by atoms with van der Waals surface area (Å²) in [5.41, 5.74) is 3.78. The predicted molar refractivity (Wildman–Crippen MR) is 141 cm³/mol. The Labute approximate surface area is 212 Å². The molecule has 4 unspecified atom stereocenters. The molecule has 2 fully saturated rings. The predicted octanol–water partition coefficient (Wildman–Crippen LogP) is 4.15. The topological polar surface area (TPSA) is 90.9 Å². The largest absolute Gasteiger partial charge is 0.480 e. The first-order chi connectivity index (χ1) is 16.7. The number of carboxylic acids is 1. The average Bonchev–Trinajstić information content (AvgIpc) is 2.85. The number of carbonyl (C=O) groups excluding carboxylic acids is 1. The summed E-state index contributed by atoms with van der Waals surface area (Å²) in [6, 6.07) is -0.423. The maximum atomic E-state index is 11.6. The minimum atomic E-state index is -0.740. The molecule has 1 aliphatic heterocycles. The number of hydrogen-bond donors (Lipinski definition) is 3. The lowest BCUT2D eigenvalue weighted by atomic mass is 9.69. The highest BCUT2D eigenvalue weighted by atomic mass is 16.7. The Morgan fingerprint density at radius 1 is 1.23 bits per heavy atom. The van der Waals surface area contributed by atoms with E-state index in [2.05, 4.69) is 61.1 Å². The highest BCUT2D eigenvalue weighted by Crippen LogP contribution is 2.39. The highest BCUT2D eigenvalue weighted by Gasteiger charge is 2.38. The van der Waals surface area contributed by atoms with Crippen molar-refractivity contribution in [2.45, 2.75) is 65.8 Å². The third kappa shape index (κ3) is 10.7. The molecule has 1 heterocycles. The van der Waals surface area contributed by atoms with Crippen LogP contribution in [0.4, 0.5) is 0 Å². The van der Waals surface area contributed by atoms with Gasteiger partial charge in [-0.25, -0.2) is 0 Å². The van der Waals surface area contributed by atoms with Crippen molar-refractivity contribution < 1.29 is 19.5 Å². The third-order valence-electron chi connectivity index (χ3n) is 6.91. The summed E-state index contributed by atoms with van der Waals surface area (Å²) >= 11 is 0. The smallest absolute Gasteiger partial charge is 0.320 e. The van der Waals surface area contributed by atoms with Gasteiger partial charge in [0.2, 0.25) is 0 Å². The number of rotatable bonds is 12. The third-order valence-corrected chi connectivity index (χ3v) is 6.91. The van der Waals surface area contributed by atoms with Crippen LogP contribution in [0, 0.1) is 36.5 Å². The van der Waals surface area contributed by atoms with E-state index < -0.39 is 12.0 Å². The van der Waals surface area contributed by atoms with Gasteiger partial charge in [0.15, 0.2) is 0 Å². The molecular formula is C28H45N3O4. The number of nitrogens with zero attached hydrogens (tertiary/aromatic N) is 1. The monoisotopic (exact) mass is 487 g/mol. The molecule has 35 heavy (non-hydrogen) atoms. The van der Waals surface area contributed by atoms with E-state index in [1.165, 1.54) is 5.57 Å². The summed E-state index contributed by atoms with van der Waals surface area (Å²) in [7, 11) is 0. The second-order valence-corrected chi connectivity index (χ2v) is 9.85. The maximum Gasteiger partial charge on any atom is 0.320 e. The van der Waals surface area contributed by atoms with Crippen LogP contribution in [0.15, 0.2) is 36.1 Å². The zero-order chi connectivity index (χ0) is 26.4. The lowest BCUT2D eigenvalue weighted by molar-refractivity contribution is -0.141. The molecule has 196 valence electrons. The Morgan fingerprint density at radius 3 is 2.54 bits per heavy atom. The number of amides is 1. The van der Waals surface area contributed by atoms with Crippen LogP contribution in [0.3, 0.4) is 0 Å². The van der Waals surface area contributed by atoms with E-state index in [0.717, 1.165) is 38.9 Å². The number of hydroxylamine groups is 1. The van der Waals surface area contributed by atoms with Gasteiger partial charge in [-0.2, -0.15) is 5.48 Å². The summed E-state index contributed by atoms with van der Waals surface area (Å²) in [5.74, 6) is 1.56. The van der Waals surface area contributed by atoms with E-state index in [1.54, 1.807) is 6.92 Å². The van der Waals surface area contributed by atoms with E-state index >= 15 is 0 Å². The summed E-state index contributed by atoms with van der Waals surface area (Å²) in [5, 5.41) is 12.6. The SMILES string of the molecule is C#C.C=C(CN(C/C(=C/C=C\C)C(C)C)CC1CCC2CNC(C(=O)O)CC2C1)ONC(=O)CC. The van der Waals surface area contributed by atoms with E-state index in [-0.39, 0.29) is 5.91 Å². The van der Waals surface area contributed by atoms with Crippen molar-refractivity contribution in [1.29, 1.82) is 0 Å². The first kappa shape index (κ1) is 30.5. The van der Waals surface area contributed by atoms with Gasteiger partial charge in [-0.15, -0.1) is 12.8 Å². The maximum absolute atomic E-state index is 11.6. The number of piperidine rings is 1. The lowest BCUT2D eigenvalue weighted by Gasteiger charge is -2.43. The summed E-state index contributed by atoms with van der Waals surface area (Å²) in [6.07, 6.45) is 18.7. The number of fused-ring (bicyclic) bond motifs is 1. The minimum absolute atomic E-state index is 0.171. The van der Waals surface area contributed by atoms with Crippen LogP contribution in [0.25, 0.3) is 0 Å². The Balaban J connectivity index is 0.00000298. The molecule has 4 atom stereocenters. The lowest BCUT2D eigenvalue weighted by Crippen LogP contribution is -2.50. The van der Waals surface area contributed by atoms with Gasteiger partial charge >= 0.3 is 5.97 Å². The van der Waals surface area contributed by atoms with Crippen molar-refractivity contribution in [2.24, 2.45) is 23.7 Å². The molecule has 7 nitrogen and oxygen atoms in total. The van der Waals surface area contributed by atoms with Crippen molar-refractivity contribution in [3.05, 3.63) is 36.1 Å². The molecule has 0 spiro atoms. The van der Waals surface area contributed by atoms with Crippen LogP contribution < -0.4 is 10.8 Å². The number of nitrogens with one attached hydrogen (secondary N) is 2. The standard InChI is InChI=1S/C26H43N3O4.C2H2/c1-6-8-9-22(18(3)4)17-29(15-19(5)33-28-25(30)7-2)16-20-10-11-21-14-27-24(26(31)32)13-23(21)12-20;1-2/h6,8-9,18,20-21,23-24,27H,5,7,10-17H2,1-4H3,(H,28,30)(H,31,32);1-2H/b8-6-,22-9-;. The molecular weight excluding hydrogens is 442 g/mol. The van der Waals surface area contributed by atoms with Crippen molar-refractivity contribution in [1.82, 2.24) is 15.7 Å². The molecule has 1 saturated heterocycles. The van der Waals surface area contributed by atoms with Crippen LogP contribution in [0.1, 0.15) is 59.8 Å². The van der Waals surface area contributed by atoms with Gasteiger partial charge in [0, 0.05) is 19.5 Å². The minimum Gasteiger partial charge on any atom is -0.480 e. The fourth-order valence-electron chi connectivity index (χ4n) is 4.95. The summed E-state index contributed by atoms with van der Waals surface area (Å²) < 4.78 is 0. The van der Waals surface area contributed by atoms with Crippen molar-refractivity contribution in [2.75, 3.05) is 26.2 Å². The van der Waals surface area contributed by atoms with Crippen molar-refractivity contribution >= 4 is 11.9 Å². The molecule has 0 radical (unpaired) electrons. The van der Waals surface area contributed by atoms with Gasteiger partial charge in [-0.1, -0.05) is 51.2 Å². The average molecular weight is 488 g/mol. The molecule has 0 aromatic carbocycles. The zero-order valence-electron chi connectivity index (χ0n) is 22.0. The Bertz CT molecular complexity index is 771. The number of carbonyl (C=O) groups is 2. The van der Waals surface area contributed by atoms with Gasteiger partial charge in [0.1, 0.15) is 11.8 Å². The molecule has 1 amide bonds. The van der Waals surface area contributed by atoms with Gasteiger partial charge in [-0.3, -0.25) is 14.5 Å². The molecule has 0 aromatic heterocycles. The second-order valence-electron chi connectivity index (χ2n) is 9.85. The number of allylic oxidation sites excluding steroid dienone is 3. The van der Waals surface area contributed by atoms with E-state index in [4.69, 9.17) is 4.84 Å². The molecule has 0 bridgehead atoms. The van der Waals surface area contributed by atoms with Gasteiger partial charge < -0.3 is 15.3 Å². The van der Waals surface area contributed by atoms with Gasteiger partial charge in [-0.05, 0) is 62.8 Å². The number of hydrogen-bond acceptors (Lipinski definition) is 5. The Morgan fingerprint density at radius 2 is 1.94 bits per heavy atom. The quantitative estimate of drug-likeness (QED) is 0.166. The van der Waals surface area contributed by atoms with Gasteiger partial charge in [0.25, 0.3) is 5.91 Å². The van der Waals surface area contributed by atoms with Crippen LogP contribution in [0.5, 0.6) is 0 Å². The zero-order valence-corrected chi connectivity index (χ0v) is 22.0. The van der Waals surface area contributed by atoms with Crippen molar-refractivity contribution in [3.63, 3.8) is 0 Å². The molecule has 3 N–H and O–H groups in total. The van der Waals surface area contributed by atoms with E-state index in [1.807, 2.05) is 13.0 Å². The van der Waals surface area contributed by atoms with E-state index in [9.17, 15) is 14.7 Å². The fraction of sp³-hybridized carbons (Fsp3) is 0.643. The van der Waals surface area contributed by atoms with E-state index in [0.29, 0.717) is 48.8 Å². The van der Waals surface area contributed by atoms with Crippen LogP contribution in [0.2, 0.25) is 0 Å². The normalized spacial score (nSPS) is 24.4. The molecule has 2 rings (SSSR count). The molecule has 1 aliphatic carbocycles. The molecule has 1 saturated carbocycles. The Kier molecular flexibility index (Phi) is 14.1. The summed E-state index contributed by atoms with van der Waals surface area (Å²) in [6.45, 7) is 15.3. The molecule has 2 aliphatic rings. The first-order valence-corrected chi connectivity index (χ1v) is 12.7.